The maximum absolute atomic E-state index is 12.6. The van der Waals surface area contributed by atoms with Gasteiger partial charge in [-0.25, -0.2) is 0 Å². The molecule has 0 atom stereocenters. The van der Waals surface area contributed by atoms with Crippen molar-refractivity contribution in [3.63, 3.8) is 0 Å². The van der Waals surface area contributed by atoms with Gasteiger partial charge in [-0.2, -0.15) is 5.26 Å². The number of nitriles is 1. The van der Waals surface area contributed by atoms with Crippen LogP contribution in [0.2, 0.25) is 0 Å². The Kier molecular flexibility index (Phi) is 3.17. The van der Waals surface area contributed by atoms with Crippen LogP contribution in [0.25, 0.3) is 16.5 Å². The predicted octanol–water partition coefficient (Wildman–Crippen LogP) is 2.87. The maximum atomic E-state index is 12.6. The number of pyridine rings is 1. The van der Waals surface area contributed by atoms with Crippen LogP contribution in [0.1, 0.15) is 5.56 Å². The van der Waals surface area contributed by atoms with Crippen LogP contribution in [0.4, 0.5) is 0 Å². The first-order valence-electron chi connectivity index (χ1n) is 6.43. The second kappa shape index (κ2) is 5.14. The number of rotatable bonds is 2. The van der Waals surface area contributed by atoms with E-state index in [1.807, 2.05) is 12.1 Å². The molecule has 0 amide bonds. The average Bonchev–Trinajstić information content (AvgIpc) is 2.55. The Labute approximate surface area is 121 Å². The highest BCUT2D eigenvalue weighted by molar-refractivity contribution is 5.87. The number of aromatic nitrogens is 1. The third kappa shape index (κ3) is 2.15. The first-order chi connectivity index (χ1) is 10.2. The second-order valence-electron chi connectivity index (χ2n) is 4.57. The number of hydrogen-bond donors (Lipinski definition) is 0. The number of fused-ring (bicyclic) bond motifs is 1. The molecule has 0 N–H and O–H groups in total. The molecule has 0 bridgehead atoms. The van der Waals surface area contributed by atoms with Crippen LogP contribution in [0.15, 0.2) is 59.5 Å². The van der Waals surface area contributed by atoms with Gasteiger partial charge in [0.05, 0.1) is 24.1 Å². The highest BCUT2D eigenvalue weighted by Gasteiger charge is 2.08. The van der Waals surface area contributed by atoms with Gasteiger partial charge in [-0.15, -0.1) is 0 Å². The quantitative estimate of drug-likeness (QED) is 0.723. The highest BCUT2D eigenvalue weighted by atomic mass is 16.5. The third-order valence-corrected chi connectivity index (χ3v) is 3.40. The molecular formula is C17H12N2O2. The zero-order valence-electron chi connectivity index (χ0n) is 11.4. The Bertz CT molecular complexity index is 903. The molecule has 0 fully saturated rings. The normalized spacial score (nSPS) is 10.3. The van der Waals surface area contributed by atoms with E-state index in [2.05, 4.69) is 6.07 Å². The fraction of sp³-hybridized carbons (Fsp3) is 0.0588. The Balaban J connectivity index is 2.27. The Morgan fingerprint density at radius 1 is 1.10 bits per heavy atom. The number of nitrogens with zero attached hydrogens (tertiary/aromatic N) is 2. The molecule has 1 aromatic heterocycles. The van der Waals surface area contributed by atoms with Crippen molar-refractivity contribution in [2.24, 2.45) is 0 Å². The van der Waals surface area contributed by atoms with E-state index in [1.54, 1.807) is 49.7 Å². The number of benzene rings is 2. The standard InChI is InChI=1S/C17H12N2O2/c1-21-15-7-5-14(6-8-15)19-10-9-12-3-2-4-13(11-18)16(12)17(19)20/h2-10H,1H3. The van der Waals surface area contributed by atoms with Crippen LogP contribution in [-0.4, -0.2) is 11.7 Å². The van der Waals surface area contributed by atoms with E-state index < -0.39 is 0 Å². The second-order valence-corrected chi connectivity index (χ2v) is 4.57. The summed E-state index contributed by atoms with van der Waals surface area (Å²) in [5, 5.41) is 10.4. The van der Waals surface area contributed by atoms with Crippen LogP contribution in [0.5, 0.6) is 5.75 Å². The van der Waals surface area contributed by atoms with Crippen molar-refractivity contribution in [1.29, 1.82) is 5.26 Å². The molecule has 0 saturated heterocycles. The topological polar surface area (TPSA) is 55.0 Å². The molecule has 102 valence electrons. The van der Waals surface area contributed by atoms with Crippen LogP contribution in [0, 0.1) is 11.3 Å². The highest BCUT2D eigenvalue weighted by Crippen LogP contribution is 2.17. The van der Waals surface area contributed by atoms with Crippen molar-refractivity contribution >= 4 is 10.8 Å². The van der Waals surface area contributed by atoms with Gasteiger partial charge in [0.15, 0.2) is 0 Å². The summed E-state index contributed by atoms with van der Waals surface area (Å²) >= 11 is 0. The lowest BCUT2D eigenvalue weighted by Gasteiger charge is -2.08. The van der Waals surface area contributed by atoms with Gasteiger partial charge in [-0.3, -0.25) is 9.36 Å². The molecule has 0 spiro atoms. The van der Waals surface area contributed by atoms with Crippen molar-refractivity contribution in [2.75, 3.05) is 7.11 Å². The minimum Gasteiger partial charge on any atom is -0.497 e. The van der Waals surface area contributed by atoms with E-state index in [0.717, 1.165) is 16.8 Å². The molecule has 21 heavy (non-hydrogen) atoms. The Morgan fingerprint density at radius 3 is 2.52 bits per heavy atom. The summed E-state index contributed by atoms with van der Waals surface area (Å²) in [5.41, 5.74) is 0.922. The Hall–Kier alpha value is -3.06. The largest absolute Gasteiger partial charge is 0.497 e. The Morgan fingerprint density at radius 2 is 1.86 bits per heavy atom. The van der Waals surface area contributed by atoms with E-state index >= 15 is 0 Å². The molecule has 0 saturated carbocycles. The van der Waals surface area contributed by atoms with Crippen LogP contribution < -0.4 is 10.3 Å². The first kappa shape index (κ1) is 12.9. The lowest BCUT2D eigenvalue weighted by Crippen LogP contribution is -2.18. The predicted molar refractivity (Wildman–Crippen MR) is 80.8 cm³/mol. The summed E-state index contributed by atoms with van der Waals surface area (Å²) < 4.78 is 6.64. The van der Waals surface area contributed by atoms with Crippen molar-refractivity contribution in [1.82, 2.24) is 4.57 Å². The number of methoxy groups -OCH3 is 1. The summed E-state index contributed by atoms with van der Waals surface area (Å²) in [6, 6.07) is 16.4. The van der Waals surface area contributed by atoms with Gasteiger partial charge in [0.1, 0.15) is 5.75 Å². The van der Waals surface area contributed by atoms with Gasteiger partial charge >= 0.3 is 0 Å². The summed E-state index contributed by atoms with van der Waals surface area (Å²) in [4.78, 5) is 12.6. The molecule has 3 rings (SSSR count). The van der Waals surface area contributed by atoms with E-state index in [9.17, 15) is 10.1 Å². The van der Waals surface area contributed by atoms with Crippen molar-refractivity contribution in [2.45, 2.75) is 0 Å². The van der Waals surface area contributed by atoms with Gasteiger partial charge in [0.25, 0.3) is 5.56 Å². The summed E-state index contributed by atoms with van der Waals surface area (Å²) in [5.74, 6) is 0.727. The molecule has 0 radical (unpaired) electrons. The van der Waals surface area contributed by atoms with Crippen molar-refractivity contribution in [3.8, 4) is 17.5 Å². The van der Waals surface area contributed by atoms with Gasteiger partial charge < -0.3 is 4.74 Å². The summed E-state index contributed by atoms with van der Waals surface area (Å²) in [6.07, 6.45) is 1.72. The van der Waals surface area contributed by atoms with Gasteiger partial charge in [0, 0.05) is 11.9 Å². The van der Waals surface area contributed by atoms with Crippen LogP contribution in [0.3, 0.4) is 0 Å². The maximum Gasteiger partial charge on any atom is 0.264 e. The van der Waals surface area contributed by atoms with Crippen molar-refractivity contribution < 1.29 is 4.74 Å². The zero-order chi connectivity index (χ0) is 14.8. The minimum absolute atomic E-state index is 0.199. The van der Waals surface area contributed by atoms with Gasteiger partial charge in [-0.1, -0.05) is 12.1 Å². The van der Waals surface area contributed by atoms with E-state index in [1.165, 1.54) is 4.57 Å². The summed E-state index contributed by atoms with van der Waals surface area (Å²) in [7, 11) is 1.59. The van der Waals surface area contributed by atoms with E-state index in [4.69, 9.17) is 4.74 Å². The molecular weight excluding hydrogens is 264 g/mol. The summed E-state index contributed by atoms with van der Waals surface area (Å²) in [6.45, 7) is 0. The molecule has 0 unspecified atom stereocenters. The van der Waals surface area contributed by atoms with E-state index in [0.29, 0.717) is 10.9 Å². The average molecular weight is 276 g/mol. The lowest BCUT2D eigenvalue weighted by atomic mass is 10.1. The monoisotopic (exact) mass is 276 g/mol. The molecule has 0 aliphatic heterocycles. The number of hydrogen-bond acceptors (Lipinski definition) is 3. The smallest absolute Gasteiger partial charge is 0.264 e. The fourth-order valence-electron chi connectivity index (χ4n) is 2.33. The third-order valence-electron chi connectivity index (χ3n) is 3.40. The minimum atomic E-state index is -0.199. The first-order valence-corrected chi connectivity index (χ1v) is 6.43. The van der Waals surface area contributed by atoms with Crippen LogP contribution in [-0.2, 0) is 0 Å². The zero-order valence-corrected chi connectivity index (χ0v) is 11.4. The molecule has 4 nitrogen and oxygen atoms in total. The van der Waals surface area contributed by atoms with E-state index in [-0.39, 0.29) is 5.56 Å². The molecule has 0 aliphatic rings. The van der Waals surface area contributed by atoms with Crippen molar-refractivity contribution in [3.05, 3.63) is 70.6 Å². The molecule has 4 heteroatoms. The SMILES string of the molecule is COc1ccc(-n2ccc3cccc(C#N)c3c2=O)cc1. The fourth-order valence-corrected chi connectivity index (χ4v) is 2.33. The molecule has 2 aromatic carbocycles. The molecule has 3 aromatic rings. The van der Waals surface area contributed by atoms with Gasteiger partial charge in [-0.05, 0) is 41.8 Å². The molecule has 1 heterocycles. The van der Waals surface area contributed by atoms with Gasteiger partial charge in [0.2, 0.25) is 0 Å². The molecule has 0 aliphatic carbocycles. The number of ether oxygens (including phenoxy) is 1. The van der Waals surface area contributed by atoms with Crippen LogP contribution >= 0.6 is 0 Å². The lowest BCUT2D eigenvalue weighted by molar-refractivity contribution is 0.414.